The van der Waals surface area contributed by atoms with E-state index in [1.807, 2.05) is 41.8 Å². The lowest BCUT2D eigenvalue weighted by Crippen LogP contribution is -2.29. The Morgan fingerprint density at radius 3 is 2.53 bits per heavy atom. The number of aromatic nitrogens is 3. The molecule has 0 unspecified atom stereocenters. The van der Waals surface area contributed by atoms with Crippen LogP contribution < -0.4 is 10.9 Å². The van der Waals surface area contributed by atoms with E-state index in [-0.39, 0.29) is 18.0 Å². The number of thiazole rings is 1. The zero-order chi connectivity index (χ0) is 21.1. The maximum atomic E-state index is 12.5. The smallest absolute Gasteiger partial charge is 0.267 e. The number of nitrogens with one attached hydrogen (secondary N) is 1. The first kappa shape index (κ1) is 19.7. The summed E-state index contributed by atoms with van der Waals surface area (Å²) in [6.45, 7) is 3.94. The number of rotatable bonds is 5. The van der Waals surface area contributed by atoms with Crippen LogP contribution in [0.2, 0.25) is 0 Å². The maximum Gasteiger partial charge on any atom is 0.267 e. The normalized spacial score (nSPS) is 10.7. The van der Waals surface area contributed by atoms with Crippen molar-refractivity contribution in [3.8, 4) is 22.5 Å². The first-order valence-electron chi connectivity index (χ1n) is 9.46. The van der Waals surface area contributed by atoms with Crippen molar-refractivity contribution < 1.29 is 4.79 Å². The van der Waals surface area contributed by atoms with Crippen molar-refractivity contribution in [2.24, 2.45) is 0 Å². The topological polar surface area (TPSA) is 76.9 Å². The van der Waals surface area contributed by atoms with E-state index in [1.54, 1.807) is 6.07 Å². The third kappa shape index (κ3) is 4.36. The monoisotopic (exact) mass is 416 g/mol. The highest BCUT2D eigenvalue weighted by Crippen LogP contribution is 2.26. The molecule has 0 radical (unpaired) electrons. The van der Waals surface area contributed by atoms with Gasteiger partial charge < -0.3 is 5.32 Å². The molecule has 0 aliphatic heterocycles. The molecule has 0 atom stereocenters. The average molecular weight is 417 g/mol. The molecule has 150 valence electrons. The van der Waals surface area contributed by atoms with E-state index in [4.69, 9.17) is 0 Å². The number of hydrogen-bond donors (Lipinski definition) is 1. The molecule has 2 heterocycles. The van der Waals surface area contributed by atoms with E-state index in [2.05, 4.69) is 41.4 Å². The van der Waals surface area contributed by atoms with Crippen LogP contribution in [0.5, 0.6) is 0 Å². The lowest BCUT2D eigenvalue weighted by atomic mass is 10.1. The molecule has 0 spiro atoms. The van der Waals surface area contributed by atoms with Gasteiger partial charge in [0, 0.05) is 22.6 Å². The fourth-order valence-electron chi connectivity index (χ4n) is 2.98. The molecule has 6 nitrogen and oxygen atoms in total. The summed E-state index contributed by atoms with van der Waals surface area (Å²) in [7, 11) is 0. The van der Waals surface area contributed by atoms with Crippen molar-refractivity contribution in [3.05, 3.63) is 87.5 Å². The molecule has 30 heavy (non-hydrogen) atoms. The van der Waals surface area contributed by atoms with Crippen molar-refractivity contribution in [2.75, 3.05) is 5.32 Å². The van der Waals surface area contributed by atoms with Gasteiger partial charge in [-0.1, -0.05) is 42.5 Å². The highest BCUT2D eigenvalue weighted by atomic mass is 32.1. The first-order chi connectivity index (χ1) is 14.5. The number of hydrogen-bond acceptors (Lipinski definition) is 5. The lowest BCUT2D eigenvalue weighted by Gasteiger charge is -2.07. The third-order valence-corrected chi connectivity index (χ3v) is 5.54. The molecule has 2 aromatic heterocycles. The minimum atomic E-state index is -0.351. The van der Waals surface area contributed by atoms with Crippen LogP contribution in [-0.2, 0) is 11.3 Å². The van der Waals surface area contributed by atoms with Gasteiger partial charge in [-0.05, 0) is 37.1 Å². The third-order valence-electron chi connectivity index (χ3n) is 4.78. The van der Waals surface area contributed by atoms with Crippen molar-refractivity contribution >= 4 is 22.4 Å². The highest BCUT2D eigenvalue weighted by molar-refractivity contribution is 7.14. The molecular weight excluding hydrogens is 396 g/mol. The van der Waals surface area contributed by atoms with Crippen LogP contribution >= 0.6 is 11.3 Å². The van der Waals surface area contributed by atoms with Crippen LogP contribution in [0.25, 0.3) is 22.5 Å². The van der Waals surface area contributed by atoms with E-state index < -0.39 is 0 Å². The van der Waals surface area contributed by atoms with Gasteiger partial charge in [-0.2, -0.15) is 5.10 Å². The largest absolute Gasteiger partial charge is 0.300 e. The Hall–Kier alpha value is -3.58. The summed E-state index contributed by atoms with van der Waals surface area (Å²) in [5.41, 5.74) is 5.40. The van der Waals surface area contributed by atoms with Gasteiger partial charge in [-0.25, -0.2) is 9.67 Å². The Morgan fingerprint density at radius 2 is 1.77 bits per heavy atom. The van der Waals surface area contributed by atoms with E-state index in [0.717, 1.165) is 21.5 Å². The molecular formula is C23H20N4O2S. The second-order valence-electron chi connectivity index (χ2n) is 6.97. The molecule has 0 aliphatic carbocycles. The van der Waals surface area contributed by atoms with Crippen LogP contribution in [0.1, 0.15) is 11.1 Å². The standard InChI is InChI=1S/C23H20N4O2S/c1-15-8-9-18(12-16(15)2)20-14-30-23(24-20)25-21(28)13-27-22(29)11-10-19(26-27)17-6-4-3-5-7-17/h3-12,14H,13H2,1-2H3,(H,24,25,28). The Balaban J connectivity index is 1.48. The van der Waals surface area contributed by atoms with Gasteiger partial charge in [0.2, 0.25) is 5.91 Å². The predicted molar refractivity (Wildman–Crippen MR) is 120 cm³/mol. The van der Waals surface area contributed by atoms with Crippen molar-refractivity contribution in [3.63, 3.8) is 0 Å². The molecule has 4 aromatic rings. The summed E-state index contributed by atoms with van der Waals surface area (Å²) >= 11 is 1.35. The fourth-order valence-corrected chi connectivity index (χ4v) is 3.72. The second-order valence-corrected chi connectivity index (χ2v) is 7.82. The molecule has 4 rings (SSSR count). The molecule has 1 amide bonds. The minimum Gasteiger partial charge on any atom is -0.300 e. The molecule has 0 saturated carbocycles. The fraction of sp³-hybridized carbons (Fsp3) is 0.130. The van der Waals surface area contributed by atoms with Crippen LogP contribution in [0.15, 0.2) is 70.8 Å². The number of carbonyl (C=O) groups is 1. The second kappa shape index (κ2) is 8.42. The van der Waals surface area contributed by atoms with E-state index in [1.165, 1.54) is 28.5 Å². The van der Waals surface area contributed by atoms with E-state index in [9.17, 15) is 9.59 Å². The quantitative estimate of drug-likeness (QED) is 0.527. The predicted octanol–water partition coefficient (Wildman–Crippen LogP) is 4.29. The molecule has 0 saturated heterocycles. The Kier molecular flexibility index (Phi) is 5.54. The number of benzene rings is 2. The first-order valence-corrected chi connectivity index (χ1v) is 10.3. The van der Waals surface area contributed by atoms with Crippen LogP contribution in [0.4, 0.5) is 5.13 Å². The minimum absolute atomic E-state index is 0.182. The van der Waals surface area contributed by atoms with Crippen molar-refractivity contribution in [2.45, 2.75) is 20.4 Å². The molecule has 0 fully saturated rings. The molecule has 0 bridgehead atoms. The molecule has 7 heteroatoms. The molecule has 2 aromatic carbocycles. The zero-order valence-corrected chi connectivity index (χ0v) is 17.4. The zero-order valence-electron chi connectivity index (χ0n) is 16.6. The number of amides is 1. The maximum absolute atomic E-state index is 12.5. The highest BCUT2D eigenvalue weighted by Gasteiger charge is 2.11. The van der Waals surface area contributed by atoms with Crippen molar-refractivity contribution in [1.82, 2.24) is 14.8 Å². The number of nitrogens with zero attached hydrogens (tertiary/aromatic N) is 3. The van der Waals surface area contributed by atoms with Gasteiger partial charge in [0.15, 0.2) is 5.13 Å². The van der Waals surface area contributed by atoms with Crippen LogP contribution in [0.3, 0.4) is 0 Å². The summed E-state index contributed by atoms with van der Waals surface area (Å²) in [5, 5.41) is 9.47. The Labute approximate surface area is 177 Å². The van der Waals surface area contributed by atoms with Gasteiger partial charge >= 0.3 is 0 Å². The van der Waals surface area contributed by atoms with Crippen LogP contribution in [0, 0.1) is 13.8 Å². The molecule has 0 aliphatic rings. The summed E-state index contributed by atoms with van der Waals surface area (Å²) in [5.74, 6) is -0.351. The van der Waals surface area contributed by atoms with Crippen LogP contribution in [-0.4, -0.2) is 20.7 Å². The van der Waals surface area contributed by atoms with Gasteiger partial charge in [-0.3, -0.25) is 9.59 Å². The summed E-state index contributed by atoms with van der Waals surface area (Å²) in [6.07, 6.45) is 0. The number of carbonyl (C=O) groups excluding carboxylic acids is 1. The van der Waals surface area contributed by atoms with E-state index in [0.29, 0.717) is 10.8 Å². The van der Waals surface area contributed by atoms with Gasteiger partial charge in [-0.15, -0.1) is 11.3 Å². The SMILES string of the molecule is Cc1ccc(-c2csc(NC(=O)Cn3nc(-c4ccccc4)ccc3=O)n2)cc1C. The summed E-state index contributed by atoms with van der Waals surface area (Å²) < 4.78 is 1.16. The number of aryl methyl sites for hydroxylation is 2. The van der Waals surface area contributed by atoms with Gasteiger partial charge in [0.05, 0.1) is 11.4 Å². The summed E-state index contributed by atoms with van der Waals surface area (Å²) in [4.78, 5) is 29.1. The Morgan fingerprint density at radius 1 is 0.967 bits per heavy atom. The Bertz CT molecular complexity index is 1260. The average Bonchev–Trinajstić information content (AvgIpc) is 3.20. The van der Waals surface area contributed by atoms with Crippen molar-refractivity contribution in [1.29, 1.82) is 0 Å². The molecule has 1 N–H and O–H groups in total. The van der Waals surface area contributed by atoms with Gasteiger partial charge in [0.1, 0.15) is 6.54 Å². The lowest BCUT2D eigenvalue weighted by molar-refractivity contribution is -0.117. The van der Waals surface area contributed by atoms with Gasteiger partial charge in [0.25, 0.3) is 5.56 Å². The van der Waals surface area contributed by atoms with E-state index >= 15 is 0 Å². The number of anilines is 1. The summed E-state index contributed by atoms with van der Waals surface area (Å²) in [6, 6.07) is 18.7.